The lowest BCUT2D eigenvalue weighted by Gasteiger charge is -2.40. The molecule has 0 bridgehead atoms. The van der Waals surface area contributed by atoms with E-state index < -0.39 is 5.97 Å². The molecule has 1 atom stereocenters. The van der Waals surface area contributed by atoms with Crippen LogP contribution in [0, 0.1) is 5.92 Å². The Morgan fingerprint density at radius 2 is 2.12 bits per heavy atom. The van der Waals surface area contributed by atoms with Crippen molar-refractivity contribution in [3.63, 3.8) is 0 Å². The predicted molar refractivity (Wildman–Crippen MR) is 95.6 cm³/mol. The van der Waals surface area contributed by atoms with Gasteiger partial charge in [-0.15, -0.1) is 0 Å². The molecule has 0 aliphatic carbocycles. The van der Waals surface area contributed by atoms with E-state index in [9.17, 15) is 14.7 Å². The molecule has 0 radical (unpaired) electrons. The molecule has 1 saturated heterocycles. The standard InChI is InChI=1S/C16H23ClN4O3S/c1-10(2)6-14(22)21-5-4-20(8-11(21)3)13-7-12(17)18-16(19-13)25-9-15(23)24/h7,10-11H,4-6,8-9H2,1-3H3,(H,23,24)/p-1/t11-/m1/s1. The summed E-state index contributed by atoms with van der Waals surface area (Å²) in [6.45, 7) is 7.99. The molecule has 1 fully saturated rings. The molecule has 1 aliphatic heterocycles. The topological polar surface area (TPSA) is 89.5 Å². The first-order chi connectivity index (χ1) is 11.8. The Bertz CT molecular complexity index is 644. The molecule has 0 spiro atoms. The van der Waals surface area contributed by atoms with Crippen LogP contribution in [0.3, 0.4) is 0 Å². The Hall–Kier alpha value is -1.54. The van der Waals surface area contributed by atoms with E-state index >= 15 is 0 Å². The Balaban J connectivity index is 2.06. The van der Waals surface area contributed by atoms with Crippen molar-refractivity contribution in [2.45, 2.75) is 38.4 Å². The zero-order valence-corrected chi connectivity index (χ0v) is 16.1. The number of anilines is 1. The summed E-state index contributed by atoms with van der Waals surface area (Å²) in [5.74, 6) is -0.257. The van der Waals surface area contributed by atoms with Crippen LogP contribution >= 0.6 is 23.4 Å². The minimum Gasteiger partial charge on any atom is -0.549 e. The second kappa shape index (κ2) is 8.71. The van der Waals surface area contributed by atoms with Gasteiger partial charge >= 0.3 is 0 Å². The molecule has 7 nitrogen and oxygen atoms in total. The number of carbonyl (C=O) groups is 2. The van der Waals surface area contributed by atoms with Gasteiger partial charge in [0.2, 0.25) is 5.91 Å². The van der Waals surface area contributed by atoms with Crippen molar-refractivity contribution in [2.75, 3.05) is 30.3 Å². The average Bonchev–Trinajstić information content (AvgIpc) is 2.51. The van der Waals surface area contributed by atoms with Crippen molar-refractivity contribution in [1.29, 1.82) is 0 Å². The van der Waals surface area contributed by atoms with Crippen LogP contribution in [0.2, 0.25) is 5.15 Å². The van der Waals surface area contributed by atoms with Crippen LogP contribution in [0.5, 0.6) is 0 Å². The summed E-state index contributed by atoms with van der Waals surface area (Å²) in [7, 11) is 0. The predicted octanol–water partition coefficient (Wildman–Crippen LogP) is 1.06. The second-order valence-corrected chi connectivity index (χ2v) is 7.80. The van der Waals surface area contributed by atoms with Gasteiger partial charge in [-0.25, -0.2) is 9.97 Å². The van der Waals surface area contributed by atoms with E-state index in [1.54, 1.807) is 6.07 Å². The number of hydrogen-bond donors (Lipinski definition) is 0. The number of nitrogens with zero attached hydrogens (tertiary/aromatic N) is 4. The molecule has 1 aromatic heterocycles. The van der Waals surface area contributed by atoms with E-state index in [0.717, 1.165) is 11.8 Å². The minimum absolute atomic E-state index is 0.0630. The smallest absolute Gasteiger partial charge is 0.223 e. The monoisotopic (exact) mass is 385 g/mol. The first-order valence-electron chi connectivity index (χ1n) is 8.18. The van der Waals surface area contributed by atoms with Gasteiger partial charge in [-0.05, 0) is 12.8 Å². The summed E-state index contributed by atoms with van der Waals surface area (Å²) >= 11 is 7.01. The minimum atomic E-state index is -1.18. The van der Waals surface area contributed by atoms with Crippen LogP contribution < -0.4 is 10.0 Å². The highest BCUT2D eigenvalue weighted by atomic mass is 35.5. The number of thioether (sulfide) groups is 1. The molecule has 1 amide bonds. The van der Waals surface area contributed by atoms with E-state index in [1.165, 1.54) is 0 Å². The fourth-order valence-electron chi connectivity index (χ4n) is 2.74. The molecule has 138 valence electrons. The van der Waals surface area contributed by atoms with E-state index in [-0.39, 0.29) is 22.9 Å². The van der Waals surface area contributed by atoms with Crippen LogP contribution in [-0.2, 0) is 9.59 Å². The van der Waals surface area contributed by atoms with Gasteiger partial charge in [0.1, 0.15) is 11.0 Å². The maximum atomic E-state index is 12.3. The van der Waals surface area contributed by atoms with Gasteiger partial charge in [0.05, 0.1) is 5.97 Å². The summed E-state index contributed by atoms with van der Waals surface area (Å²) in [4.78, 5) is 35.3. The van der Waals surface area contributed by atoms with Crippen molar-refractivity contribution < 1.29 is 14.7 Å². The number of carboxylic acids is 1. The maximum Gasteiger partial charge on any atom is 0.223 e. The highest BCUT2D eigenvalue weighted by Crippen LogP contribution is 2.24. The van der Waals surface area contributed by atoms with Crippen LogP contribution in [0.1, 0.15) is 27.2 Å². The van der Waals surface area contributed by atoms with Gasteiger partial charge in [-0.2, -0.15) is 0 Å². The number of hydrogen-bond acceptors (Lipinski definition) is 7. The molecule has 9 heteroatoms. The largest absolute Gasteiger partial charge is 0.549 e. The summed E-state index contributed by atoms with van der Waals surface area (Å²) in [6.07, 6.45) is 0.549. The van der Waals surface area contributed by atoms with Gasteiger partial charge in [0.15, 0.2) is 5.16 Å². The second-order valence-electron chi connectivity index (χ2n) is 6.47. The SMILES string of the molecule is CC(C)CC(=O)N1CCN(c2cc(Cl)nc(SCC(=O)[O-])n2)C[C@H]1C. The van der Waals surface area contributed by atoms with E-state index in [4.69, 9.17) is 11.6 Å². The number of halogens is 1. The van der Waals surface area contributed by atoms with Crippen LogP contribution in [0.4, 0.5) is 5.82 Å². The fourth-order valence-corrected chi connectivity index (χ4v) is 3.53. The zero-order valence-electron chi connectivity index (χ0n) is 14.6. The molecule has 2 rings (SSSR count). The normalized spacial score (nSPS) is 17.9. The summed E-state index contributed by atoms with van der Waals surface area (Å²) in [6, 6.07) is 1.72. The van der Waals surface area contributed by atoms with Crippen molar-refractivity contribution in [3.8, 4) is 0 Å². The summed E-state index contributed by atoms with van der Waals surface area (Å²) in [5, 5.41) is 11.2. The third-order valence-corrected chi connectivity index (χ3v) is 4.85. The number of carbonyl (C=O) groups excluding carboxylic acids is 2. The van der Waals surface area contributed by atoms with E-state index in [0.29, 0.717) is 42.9 Å². The van der Waals surface area contributed by atoms with Gasteiger partial charge in [0, 0.05) is 43.9 Å². The Morgan fingerprint density at radius 1 is 1.40 bits per heavy atom. The van der Waals surface area contributed by atoms with Crippen molar-refractivity contribution in [3.05, 3.63) is 11.2 Å². The number of amides is 1. The van der Waals surface area contributed by atoms with Crippen molar-refractivity contribution in [1.82, 2.24) is 14.9 Å². The van der Waals surface area contributed by atoms with E-state index in [2.05, 4.69) is 9.97 Å². The molecular formula is C16H22ClN4O3S-. The third kappa shape index (κ3) is 5.74. The first kappa shape index (κ1) is 19.8. The Kier molecular flexibility index (Phi) is 6.89. The molecule has 0 unspecified atom stereocenters. The van der Waals surface area contributed by atoms with E-state index in [1.807, 2.05) is 30.6 Å². The number of carboxylic acid groups (broad SMARTS) is 1. The lowest BCUT2D eigenvalue weighted by atomic mass is 10.1. The van der Waals surface area contributed by atoms with Gasteiger partial charge in [0.25, 0.3) is 0 Å². The van der Waals surface area contributed by atoms with Crippen LogP contribution in [0.25, 0.3) is 0 Å². The Labute approximate surface area is 156 Å². The average molecular weight is 386 g/mol. The number of aliphatic carboxylic acids is 1. The van der Waals surface area contributed by atoms with Crippen LogP contribution in [-0.4, -0.2) is 58.2 Å². The van der Waals surface area contributed by atoms with Crippen molar-refractivity contribution >= 4 is 41.1 Å². The fraction of sp³-hybridized carbons (Fsp3) is 0.625. The number of aromatic nitrogens is 2. The molecule has 1 aliphatic rings. The summed E-state index contributed by atoms with van der Waals surface area (Å²) in [5.41, 5.74) is 0. The highest BCUT2D eigenvalue weighted by Gasteiger charge is 2.28. The lowest BCUT2D eigenvalue weighted by Crippen LogP contribution is -2.54. The first-order valence-corrected chi connectivity index (χ1v) is 9.54. The summed E-state index contributed by atoms with van der Waals surface area (Å²) < 4.78 is 0. The molecule has 1 aromatic rings. The van der Waals surface area contributed by atoms with Gasteiger partial charge < -0.3 is 19.7 Å². The Morgan fingerprint density at radius 3 is 2.72 bits per heavy atom. The molecule has 0 N–H and O–H groups in total. The molecule has 0 saturated carbocycles. The highest BCUT2D eigenvalue weighted by molar-refractivity contribution is 7.99. The van der Waals surface area contributed by atoms with Gasteiger partial charge in [-0.3, -0.25) is 4.79 Å². The quantitative estimate of drug-likeness (QED) is 0.410. The zero-order chi connectivity index (χ0) is 18.6. The molecule has 25 heavy (non-hydrogen) atoms. The number of rotatable bonds is 6. The van der Waals surface area contributed by atoms with Crippen molar-refractivity contribution in [2.24, 2.45) is 5.92 Å². The third-order valence-electron chi connectivity index (χ3n) is 3.83. The molecule has 2 heterocycles. The van der Waals surface area contributed by atoms with Crippen LogP contribution in [0.15, 0.2) is 11.2 Å². The maximum absolute atomic E-state index is 12.3. The number of piperazine rings is 1. The van der Waals surface area contributed by atoms with Gasteiger partial charge in [-0.1, -0.05) is 37.2 Å². The molecule has 0 aromatic carbocycles. The molecular weight excluding hydrogens is 364 g/mol. The lowest BCUT2D eigenvalue weighted by molar-refractivity contribution is -0.301.